The summed E-state index contributed by atoms with van der Waals surface area (Å²) in [5, 5.41) is 3.19. The van der Waals surface area contributed by atoms with E-state index in [-0.39, 0.29) is 31.2 Å². The Labute approximate surface area is 138 Å². The largest absolute Gasteiger partial charge is 0.460 e. The molecule has 0 aromatic heterocycles. The maximum absolute atomic E-state index is 12.3. The van der Waals surface area contributed by atoms with Crippen LogP contribution in [0.25, 0.3) is 0 Å². The first-order chi connectivity index (χ1) is 11.2. The number of halogens is 1. The van der Waals surface area contributed by atoms with Gasteiger partial charge in [-0.25, -0.2) is 0 Å². The molecule has 1 aromatic carbocycles. The van der Waals surface area contributed by atoms with E-state index in [4.69, 9.17) is 9.47 Å². The molecule has 0 aliphatic carbocycles. The van der Waals surface area contributed by atoms with Crippen molar-refractivity contribution < 1.29 is 18.7 Å². The Balaban J connectivity index is 2.38. The lowest BCUT2D eigenvalue weighted by atomic mass is 9.99. The normalized spacial score (nSPS) is 13.5. The second kappa shape index (κ2) is 12.0. The minimum atomic E-state index is -0.366. The third-order valence-corrected chi connectivity index (χ3v) is 3.72. The Morgan fingerprint density at radius 1 is 1.26 bits per heavy atom. The SMILES string of the molecule is CCC(C)C(NCCOCCCF)C(=O)OCc1ccccc1. The summed E-state index contributed by atoms with van der Waals surface area (Å²) >= 11 is 0. The van der Waals surface area contributed by atoms with Crippen LogP contribution in [0.2, 0.25) is 0 Å². The minimum absolute atomic E-state index is 0.170. The van der Waals surface area contributed by atoms with Gasteiger partial charge in [-0.15, -0.1) is 0 Å². The predicted molar refractivity (Wildman–Crippen MR) is 88.9 cm³/mol. The first-order valence-corrected chi connectivity index (χ1v) is 8.26. The molecule has 1 N–H and O–H groups in total. The summed E-state index contributed by atoms with van der Waals surface area (Å²) in [4.78, 5) is 12.3. The van der Waals surface area contributed by atoms with Gasteiger partial charge in [0.2, 0.25) is 0 Å². The summed E-state index contributed by atoms with van der Waals surface area (Å²) in [5.74, 6) is -0.0731. The van der Waals surface area contributed by atoms with Gasteiger partial charge in [0.15, 0.2) is 0 Å². The van der Waals surface area contributed by atoms with E-state index in [0.29, 0.717) is 26.2 Å². The molecule has 0 heterocycles. The molecular weight excluding hydrogens is 297 g/mol. The molecule has 0 saturated carbocycles. The summed E-state index contributed by atoms with van der Waals surface area (Å²) in [6.45, 7) is 5.38. The molecular formula is C18H28FNO3. The van der Waals surface area contributed by atoms with E-state index in [9.17, 15) is 9.18 Å². The molecule has 0 fully saturated rings. The predicted octanol–water partition coefficient (Wildman–Crippen LogP) is 3.11. The summed E-state index contributed by atoms with van der Waals surface area (Å²) < 4.78 is 22.7. The molecule has 0 aliphatic heterocycles. The van der Waals surface area contributed by atoms with Crippen molar-refractivity contribution >= 4 is 5.97 Å². The molecule has 1 rings (SSSR count). The summed E-state index contributed by atoms with van der Waals surface area (Å²) in [7, 11) is 0. The van der Waals surface area contributed by atoms with Gasteiger partial charge in [0, 0.05) is 13.2 Å². The van der Waals surface area contributed by atoms with Crippen molar-refractivity contribution in [3.8, 4) is 0 Å². The zero-order chi connectivity index (χ0) is 16.9. The van der Waals surface area contributed by atoms with E-state index in [0.717, 1.165) is 12.0 Å². The van der Waals surface area contributed by atoms with E-state index in [2.05, 4.69) is 5.32 Å². The van der Waals surface area contributed by atoms with Crippen LogP contribution in [0.15, 0.2) is 30.3 Å². The number of benzene rings is 1. The first-order valence-electron chi connectivity index (χ1n) is 8.26. The van der Waals surface area contributed by atoms with E-state index >= 15 is 0 Å². The number of carbonyl (C=O) groups is 1. The number of alkyl halides is 1. The average molecular weight is 325 g/mol. The fourth-order valence-electron chi connectivity index (χ4n) is 2.12. The van der Waals surface area contributed by atoms with Gasteiger partial charge < -0.3 is 14.8 Å². The highest BCUT2D eigenvalue weighted by molar-refractivity contribution is 5.76. The quantitative estimate of drug-likeness (QED) is 0.474. The van der Waals surface area contributed by atoms with E-state index in [1.807, 2.05) is 44.2 Å². The Hall–Kier alpha value is -1.46. The van der Waals surface area contributed by atoms with Gasteiger partial charge in [-0.1, -0.05) is 50.6 Å². The third-order valence-electron chi connectivity index (χ3n) is 3.72. The van der Waals surface area contributed by atoms with Crippen LogP contribution in [0.1, 0.15) is 32.3 Å². The lowest BCUT2D eigenvalue weighted by Crippen LogP contribution is -2.44. The zero-order valence-corrected chi connectivity index (χ0v) is 14.1. The van der Waals surface area contributed by atoms with Crippen LogP contribution >= 0.6 is 0 Å². The maximum atomic E-state index is 12.3. The highest BCUT2D eigenvalue weighted by Gasteiger charge is 2.24. The van der Waals surface area contributed by atoms with Crippen LogP contribution < -0.4 is 5.32 Å². The minimum Gasteiger partial charge on any atom is -0.460 e. The molecule has 0 spiro atoms. The number of ether oxygens (including phenoxy) is 2. The van der Waals surface area contributed by atoms with Gasteiger partial charge in [0.1, 0.15) is 12.6 Å². The molecule has 4 nitrogen and oxygen atoms in total. The zero-order valence-electron chi connectivity index (χ0n) is 14.1. The van der Waals surface area contributed by atoms with E-state index in [1.165, 1.54) is 0 Å². The van der Waals surface area contributed by atoms with Crippen molar-refractivity contribution in [2.75, 3.05) is 26.4 Å². The second-order valence-electron chi connectivity index (χ2n) is 5.57. The van der Waals surface area contributed by atoms with Crippen LogP contribution in [-0.4, -0.2) is 38.4 Å². The van der Waals surface area contributed by atoms with Crippen LogP contribution in [0.4, 0.5) is 4.39 Å². The lowest BCUT2D eigenvalue weighted by molar-refractivity contribution is -0.149. The van der Waals surface area contributed by atoms with Crippen molar-refractivity contribution in [2.45, 2.75) is 39.3 Å². The molecule has 130 valence electrons. The Morgan fingerprint density at radius 3 is 2.65 bits per heavy atom. The summed E-state index contributed by atoms with van der Waals surface area (Å²) in [5.41, 5.74) is 0.971. The maximum Gasteiger partial charge on any atom is 0.323 e. The molecule has 0 radical (unpaired) electrons. The van der Waals surface area contributed by atoms with Crippen LogP contribution in [0.5, 0.6) is 0 Å². The fraction of sp³-hybridized carbons (Fsp3) is 0.611. The van der Waals surface area contributed by atoms with Gasteiger partial charge in [0.25, 0.3) is 0 Å². The number of esters is 1. The molecule has 2 unspecified atom stereocenters. The molecule has 0 saturated heterocycles. The molecule has 2 atom stereocenters. The highest BCUT2D eigenvalue weighted by Crippen LogP contribution is 2.11. The Bertz CT molecular complexity index is 428. The number of rotatable bonds is 12. The highest BCUT2D eigenvalue weighted by atomic mass is 19.1. The monoisotopic (exact) mass is 325 g/mol. The van der Waals surface area contributed by atoms with E-state index in [1.54, 1.807) is 0 Å². The number of nitrogens with one attached hydrogen (secondary N) is 1. The molecule has 23 heavy (non-hydrogen) atoms. The van der Waals surface area contributed by atoms with Gasteiger partial charge in [-0.3, -0.25) is 9.18 Å². The fourth-order valence-corrected chi connectivity index (χ4v) is 2.12. The summed E-state index contributed by atoms with van der Waals surface area (Å²) in [6, 6.07) is 9.27. The van der Waals surface area contributed by atoms with Crippen molar-refractivity contribution in [3.63, 3.8) is 0 Å². The van der Waals surface area contributed by atoms with Gasteiger partial charge in [-0.05, 0) is 17.9 Å². The van der Waals surface area contributed by atoms with Crippen molar-refractivity contribution in [2.24, 2.45) is 5.92 Å². The molecule has 0 aliphatic rings. The average Bonchev–Trinajstić information content (AvgIpc) is 2.59. The lowest BCUT2D eigenvalue weighted by Gasteiger charge is -2.22. The molecule has 0 amide bonds. The van der Waals surface area contributed by atoms with Crippen molar-refractivity contribution in [1.29, 1.82) is 0 Å². The standard InChI is InChI=1S/C18H28FNO3/c1-3-15(2)17(20-11-13-22-12-7-10-19)18(21)23-14-16-8-5-4-6-9-16/h4-6,8-9,15,17,20H,3,7,10-14H2,1-2H3. The Kier molecular flexibility index (Phi) is 10.2. The number of hydrogen-bond donors (Lipinski definition) is 1. The van der Waals surface area contributed by atoms with Gasteiger partial charge in [-0.2, -0.15) is 0 Å². The smallest absolute Gasteiger partial charge is 0.323 e. The van der Waals surface area contributed by atoms with Crippen molar-refractivity contribution in [3.05, 3.63) is 35.9 Å². The van der Waals surface area contributed by atoms with Gasteiger partial charge in [0.05, 0.1) is 13.3 Å². The van der Waals surface area contributed by atoms with Crippen molar-refractivity contribution in [1.82, 2.24) is 5.32 Å². The van der Waals surface area contributed by atoms with Crippen LogP contribution in [-0.2, 0) is 20.9 Å². The summed E-state index contributed by atoms with van der Waals surface area (Å²) in [6.07, 6.45) is 1.29. The molecule has 0 bridgehead atoms. The van der Waals surface area contributed by atoms with E-state index < -0.39 is 0 Å². The number of hydrogen-bond acceptors (Lipinski definition) is 4. The van der Waals surface area contributed by atoms with Crippen LogP contribution in [0.3, 0.4) is 0 Å². The third kappa shape index (κ3) is 8.09. The van der Waals surface area contributed by atoms with Gasteiger partial charge >= 0.3 is 5.97 Å². The van der Waals surface area contributed by atoms with Crippen LogP contribution in [0, 0.1) is 5.92 Å². The number of carbonyl (C=O) groups excluding carboxylic acids is 1. The second-order valence-corrected chi connectivity index (χ2v) is 5.57. The topological polar surface area (TPSA) is 47.6 Å². The molecule has 5 heteroatoms. The molecule has 1 aromatic rings. The Morgan fingerprint density at radius 2 is 2.00 bits per heavy atom. The first kappa shape index (κ1) is 19.6.